The SMILES string of the molecule is C=CC(=O)N1CCCc2nn(Cc3cc4c(c(C(F)(F)F)c3)CN(c3ccccc3)C4=O)cc21. The normalized spacial score (nSPS) is 15.3. The molecule has 2 aliphatic heterocycles. The molecule has 9 heteroatoms. The molecule has 0 atom stereocenters. The first kappa shape index (κ1) is 21.9. The third-order valence-corrected chi connectivity index (χ3v) is 6.16. The molecule has 3 aromatic rings. The highest BCUT2D eigenvalue weighted by atomic mass is 19.4. The number of alkyl halides is 3. The Morgan fingerprint density at radius 3 is 2.65 bits per heavy atom. The molecule has 0 N–H and O–H groups in total. The average Bonchev–Trinajstić information content (AvgIpc) is 3.38. The van der Waals surface area contributed by atoms with Crippen LogP contribution in [-0.2, 0) is 30.5 Å². The first-order valence-electron chi connectivity index (χ1n) is 10.9. The van der Waals surface area contributed by atoms with Gasteiger partial charge in [-0.2, -0.15) is 18.3 Å². The fourth-order valence-electron chi connectivity index (χ4n) is 4.62. The van der Waals surface area contributed by atoms with Gasteiger partial charge in [0.1, 0.15) is 0 Å². The second kappa shape index (κ2) is 8.16. The van der Waals surface area contributed by atoms with Gasteiger partial charge in [0.05, 0.1) is 30.0 Å². The zero-order valence-electron chi connectivity index (χ0n) is 18.2. The number of halogens is 3. The summed E-state index contributed by atoms with van der Waals surface area (Å²) in [6.07, 6.45) is -0.305. The van der Waals surface area contributed by atoms with Crippen molar-refractivity contribution in [3.63, 3.8) is 0 Å². The summed E-state index contributed by atoms with van der Waals surface area (Å²) in [4.78, 5) is 28.2. The van der Waals surface area contributed by atoms with Gasteiger partial charge in [0.25, 0.3) is 5.91 Å². The molecule has 0 radical (unpaired) electrons. The summed E-state index contributed by atoms with van der Waals surface area (Å²) in [6.45, 7) is 3.96. The van der Waals surface area contributed by atoms with Crippen molar-refractivity contribution < 1.29 is 22.8 Å². The second-order valence-electron chi connectivity index (χ2n) is 8.35. The molecule has 0 unspecified atom stereocenters. The van der Waals surface area contributed by atoms with E-state index in [1.165, 1.54) is 21.7 Å². The quantitative estimate of drug-likeness (QED) is 0.529. The van der Waals surface area contributed by atoms with Crippen LogP contribution in [0.1, 0.15) is 39.2 Å². The van der Waals surface area contributed by atoms with E-state index < -0.39 is 17.6 Å². The number of aromatic nitrogens is 2. The Bertz CT molecular complexity index is 1300. The molecule has 1 aromatic heterocycles. The number of amides is 2. The molecule has 0 bridgehead atoms. The zero-order valence-corrected chi connectivity index (χ0v) is 18.2. The molecule has 6 nitrogen and oxygen atoms in total. The van der Waals surface area contributed by atoms with Gasteiger partial charge in [0, 0.05) is 24.0 Å². The van der Waals surface area contributed by atoms with Crippen molar-refractivity contribution in [2.45, 2.75) is 32.1 Å². The van der Waals surface area contributed by atoms with Gasteiger partial charge < -0.3 is 9.80 Å². The van der Waals surface area contributed by atoms with Crippen molar-refractivity contribution in [2.75, 3.05) is 16.3 Å². The number of benzene rings is 2. The smallest absolute Gasteiger partial charge is 0.306 e. The van der Waals surface area contributed by atoms with Crippen LogP contribution in [-0.4, -0.2) is 28.1 Å². The van der Waals surface area contributed by atoms with Gasteiger partial charge in [-0.3, -0.25) is 14.3 Å². The first-order valence-corrected chi connectivity index (χ1v) is 10.9. The molecular weight excluding hydrogens is 445 g/mol. The molecule has 5 rings (SSSR count). The van der Waals surface area contributed by atoms with Gasteiger partial charge in [0.2, 0.25) is 5.91 Å². The summed E-state index contributed by atoms with van der Waals surface area (Å²) in [7, 11) is 0. The average molecular weight is 466 g/mol. The van der Waals surface area contributed by atoms with E-state index in [1.54, 1.807) is 41.4 Å². The fraction of sp³-hybridized carbons (Fsp3) is 0.240. The van der Waals surface area contributed by atoms with E-state index in [4.69, 9.17) is 0 Å². The molecule has 174 valence electrons. The Kier molecular flexibility index (Phi) is 5.27. The predicted molar refractivity (Wildman–Crippen MR) is 121 cm³/mol. The molecule has 0 saturated heterocycles. The number of para-hydroxylation sites is 1. The minimum atomic E-state index is -4.61. The number of hydrogen-bond acceptors (Lipinski definition) is 3. The van der Waals surface area contributed by atoms with Crippen molar-refractivity contribution in [2.24, 2.45) is 0 Å². The maximum absolute atomic E-state index is 14.0. The van der Waals surface area contributed by atoms with Crippen molar-refractivity contribution in [3.05, 3.63) is 89.3 Å². The molecular formula is C25H21F3N4O2. The van der Waals surface area contributed by atoms with Crippen LogP contribution in [0.25, 0.3) is 0 Å². The molecule has 0 aliphatic carbocycles. The van der Waals surface area contributed by atoms with E-state index in [0.717, 1.165) is 12.5 Å². The van der Waals surface area contributed by atoms with E-state index in [-0.39, 0.29) is 30.1 Å². The predicted octanol–water partition coefficient (Wildman–Crippen LogP) is 4.58. The van der Waals surface area contributed by atoms with Crippen LogP contribution >= 0.6 is 0 Å². The molecule has 34 heavy (non-hydrogen) atoms. The van der Waals surface area contributed by atoms with Gasteiger partial charge in [-0.15, -0.1) is 0 Å². The third kappa shape index (κ3) is 3.76. The lowest BCUT2D eigenvalue weighted by Gasteiger charge is -2.24. The Balaban J connectivity index is 1.51. The lowest BCUT2D eigenvalue weighted by atomic mass is 9.99. The molecule has 3 heterocycles. The summed E-state index contributed by atoms with van der Waals surface area (Å²) in [5.74, 6) is -0.708. The number of fused-ring (bicyclic) bond motifs is 2. The van der Waals surface area contributed by atoms with E-state index in [0.29, 0.717) is 35.6 Å². The molecule has 0 spiro atoms. The molecule has 2 amide bonds. The number of nitrogens with zero attached hydrogens (tertiary/aromatic N) is 4. The highest BCUT2D eigenvalue weighted by Gasteiger charge is 2.40. The Labute approximate surface area is 193 Å². The number of carbonyl (C=O) groups excluding carboxylic acids is 2. The van der Waals surface area contributed by atoms with Crippen LogP contribution in [0.4, 0.5) is 24.5 Å². The lowest BCUT2D eigenvalue weighted by Crippen LogP contribution is -2.33. The summed E-state index contributed by atoms with van der Waals surface area (Å²) >= 11 is 0. The number of aryl methyl sites for hydroxylation is 1. The summed E-state index contributed by atoms with van der Waals surface area (Å²) in [5, 5.41) is 4.49. The second-order valence-corrected chi connectivity index (χ2v) is 8.35. The van der Waals surface area contributed by atoms with Crippen LogP contribution in [0.2, 0.25) is 0 Å². The van der Waals surface area contributed by atoms with Crippen LogP contribution in [0.3, 0.4) is 0 Å². The molecule has 0 saturated carbocycles. The number of carbonyl (C=O) groups is 2. The molecule has 0 fully saturated rings. The van der Waals surface area contributed by atoms with Crippen LogP contribution in [0.15, 0.2) is 61.3 Å². The number of rotatable bonds is 4. The number of anilines is 2. The lowest BCUT2D eigenvalue weighted by molar-refractivity contribution is -0.138. The summed E-state index contributed by atoms with van der Waals surface area (Å²) < 4.78 is 43.5. The van der Waals surface area contributed by atoms with Crippen molar-refractivity contribution in [3.8, 4) is 0 Å². The Morgan fingerprint density at radius 2 is 1.94 bits per heavy atom. The van der Waals surface area contributed by atoms with Crippen molar-refractivity contribution in [1.29, 1.82) is 0 Å². The van der Waals surface area contributed by atoms with Gasteiger partial charge in [-0.25, -0.2) is 0 Å². The third-order valence-electron chi connectivity index (χ3n) is 6.16. The van der Waals surface area contributed by atoms with Gasteiger partial charge >= 0.3 is 6.18 Å². The Morgan fingerprint density at radius 1 is 1.18 bits per heavy atom. The van der Waals surface area contributed by atoms with Crippen LogP contribution < -0.4 is 9.80 Å². The van der Waals surface area contributed by atoms with Gasteiger partial charge in [0.15, 0.2) is 0 Å². The van der Waals surface area contributed by atoms with Crippen molar-refractivity contribution in [1.82, 2.24) is 9.78 Å². The minimum absolute atomic E-state index is 0.0207. The summed E-state index contributed by atoms with van der Waals surface area (Å²) in [5.41, 5.74) is 1.43. The standard InChI is InChI=1S/C25H21F3N4O2/c1-2-23(33)31-10-6-9-21-22(31)15-30(29-21)13-16-11-18-19(20(12-16)25(26,27)28)14-32(24(18)34)17-7-4-3-5-8-17/h2-5,7-8,11-12,15H,1,6,9-10,13-14H2. The first-order chi connectivity index (χ1) is 16.3. The highest BCUT2D eigenvalue weighted by molar-refractivity contribution is 6.10. The maximum Gasteiger partial charge on any atom is 0.416 e. The van der Waals surface area contributed by atoms with Crippen LogP contribution in [0.5, 0.6) is 0 Å². The highest BCUT2D eigenvalue weighted by Crippen LogP contribution is 2.39. The maximum atomic E-state index is 14.0. The van der Waals surface area contributed by atoms with Crippen molar-refractivity contribution >= 4 is 23.2 Å². The van der Waals surface area contributed by atoms with E-state index >= 15 is 0 Å². The van der Waals surface area contributed by atoms with Gasteiger partial charge in [-0.05, 0) is 54.3 Å². The summed E-state index contributed by atoms with van der Waals surface area (Å²) in [6, 6.07) is 11.3. The number of hydrogen-bond donors (Lipinski definition) is 0. The zero-order chi connectivity index (χ0) is 24.0. The van der Waals surface area contributed by atoms with Crippen LogP contribution in [0, 0.1) is 0 Å². The minimum Gasteiger partial charge on any atom is -0.306 e. The van der Waals surface area contributed by atoms with Gasteiger partial charge in [-0.1, -0.05) is 24.8 Å². The molecule has 2 aromatic carbocycles. The van der Waals surface area contributed by atoms with E-state index in [2.05, 4.69) is 11.7 Å². The van der Waals surface area contributed by atoms with E-state index in [9.17, 15) is 22.8 Å². The Hall–Kier alpha value is -3.88. The monoisotopic (exact) mass is 466 g/mol. The topological polar surface area (TPSA) is 58.4 Å². The largest absolute Gasteiger partial charge is 0.416 e. The fourth-order valence-corrected chi connectivity index (χ4v) is 4.62. The molecule has 2 aliphatic rings. The van der Waals surface area contributed by atoms with E-state index in [1.807, 2.05) is 0 Å².